The first-order chi connectivity index (χ1) is 8.78. The molecule has 5 nitrogen and oxygen atoms in total. The van der Waals surface area contributed by atoms with E-state index in [1.54, 1.807) is 30.3 Å². The number of furan rings is 1. The van der Waals surface area contributed by atoms with Crippen LogP contribution in [0.4, 0.5) is 0 Å². The average molecular weight is 244 g/mol. The van der Waals surface area contributed by atoms with E-state index in [4.69, 9.17) is 13.9 Å². The Morgan fingerprint density at radius 1 is 1.11 bits per heavy atom. The summed E-state index contributed by atoms with van der Waals surface area (Å²) in [7, 11) is 0. The third-order valence-electron chi connectivity index (χ3n) is 2.63. The van der Waals surface area contributed by atoms with Gasteiger partial charge in [-0.1, -0.05) is 6.07 Å². The second-order valence-corrected chi connectivity index (χ2v) is 3.72. The summed E-state index contributed by atoms with van der Waals surface area (Å²) < 4.78 is 15.3. The fourth-order valence-corrected chi connectivity index (χ4v) is 1.76. The van der Waals surface area contributed by atoms with Crippen LogP contribution < -0.4 is 4.74 Å². The maximum absolute atomic E-state index is 11.4. The van der Waals surface area contributed by atoms with E-state index in [2.05, 4.69) is 0 Å². The van der Waals surface area contributed by atoms with Crippen LogP contribution in [0.25, 0.3) is 11.3 Å². The van der Waals surface area contributed by atoms with E-state index in [0.29, 0.717) is 23.4 Å². The molecule has 0 saturated heterocycles. The Kier molecular flexibility index (Phi) is 2.37. The Morgan fingerprint density at radius 3 is 2.78 bits per heavy atom. The van der Waals surface area contributed by atoms with Crippen molar-refractivity contribution in [3.8, 4) is 17.1 Å². The highest BCUT2D eigenvalue weighted by Crippen LogP contribution is 2.30. The van der Waals surface area contributed by atoms with Crippen molar-refractivity contribution in [1.29, 1.82) is 0 Å². The number of hydrogen-bond acceptors (Lipinski definition) is 5. The molecule has 0 amide bonds. The number of carbonyl (C=O) groups is 2. The predicted molar refractivity (Wildman–Crippen MR) is 60.4 cm³/mol. The number of fused-ring (bicyclic) bond motifs is 1. The van der Waals surface area contributed by atoms with Gasteiger partial charge in [0.25, 0.3) is 0 Å². The van der Waals surface area contributed by atoms with Crippen LogP contribution in [-0.4, -0.2) is 19.0 Å². The quantitative estimate of drug-likeness (QED) is 0.598. The second kappa shape index (κ2) is 4.03. The Hall–Kier alpha value is -2.56. The van der Waals surface area contributed by atoms with E-state index < -0.39 is 5.97 Å². The molecule has 0 saturated carbocycles. The van der Waals surface area contributed by atoms with Gasteiger partial charge >= 0.3 is 5.97 Å². The first-order valence-corrected chi connectivity index (χ1v) is 5.27. The Bertz CT molecular complexity index is 626. The van der Waals surface area contributed by atoms with Gasteiger partial charge in [0.15, 0.2) is 12.0 Å². The van der Waals surface area contributed by atoms with Crippen LogP contribution in [0, 0.1) is 0 Å². The second-order valence-electron chi connectivity index (χ2n) is 3.72. The van der Waals surface area contributed by atoms with Gasteiger partial charge in [0.1, 0.15) is 17.1 Å². The molecule has 0 N–H and O–H groups in total. The summed E-state index contributed by atoms with van der Waals surface area (Å²) in [4.78, 5) is 22.0. The molecule has 0 fully saturated rings. The molecule has 0 unspecified atom stereocenters. The van der Waals surface area contributed by atoms with Crippen LogP contribution in [0.15, 0.2) is 34.7 Å². The lowest BCUT2D eigenvalue weighted by Crippen LogP contribution is -2.18. The van der Waals surface area contributed by atoms with Crippen LogP contribution in [0.3, 0.4) is 0 Å². The number of aldehydes is 1. The number of rotatable bonds is 2. The van der Waals surface area contributed by atoms with Gasteiger partial charge in [0, 0.05) is 5.56 Å². The summed E-state index contributed by atoms with van der Waals surface area (Å²) in [5.41, 5.74) is 1.11. The van der Waals surface area contributed by atoms with Gasteiger partial charge in [0.05, 0.1) is 0 Å². The van der Waals surface area contributed by atoms with Crippen LogP contribution >= 0.6 is 0 Å². The summed E-state index contributed by atoms with van der Waals surface area (Å²) >= 11 is 0. The zero-order valence-electron chi connectivity index (χ0n) is 9.21. The van der Waals surface area contributed by atoms with E-state index in [1.807, 2.05) is 0 Å². The van der Waals surface area contributed by atoms with E-state index in [9.17, 15) is 9.59 Å². The van der Waals surface area contributed by atoms with E-state index >= 15 is 0 Å². The maximum atomic E-state index is 11.4. The zero-order chi connectivity index (χ0) is 12.5. The zero-order valence-corrected chi connectivity index (χ0v) is 9.21. The smallest absolute Gasteiger partial charge is 0.344 e. The number of hydrogen-bond donors (Lipinski definition) is 0. The lowest BCUT2D eigenvalue weighted by molar-refractivity contribution is 0.00493. The van der Waals surface area contributed by atoms with Gasteiger partial charge in [-0.05, 0) is 24.3 Å². The molecule has 0 bridgehead atoms. The van der Waals surface area contributed by atoms with Crippen molar-refractivity contribution in [2.24, 2.45) is 0 Å². The number of benzene rings is 1. The van der Waals surface area contributed by atoms with Crippen molar-refractivity contribution in [3.05, 3.63) is 41.7 Å². The molecule has 1 aromatic carbocycles. The van der Waals surface area contributed by atoms with Crippen molar-refractivity contribution in [2.45, 2.75) is 0 Å². The molecule has 1 aliphatic heterocycles. The predicted octanol–water partition coefficient (Wildman–Crippen LogP) is 2.27. The summed E-state index contributed by atoms with van der Waals surface area (Å²) in [6, 6.07) is 8.27. The molecular weight excluding hydrogens is 236 g/mol. The minimum Gasteiger partial charge on any atom is -0.456 e. The number of esters is 1. The SMILES string of the molecule is O=Cc1ccc(-c2ccc3c(c2)OCOC3=O)o1. The normalized spacial score (nSPS) is 13.4. The Balaban J connectivity index is 2.04. The van der Waals surface area contributed by atoms with Gasteiger partial charge in [-0.2, -0.15) is 0 Å². The first kappa shape index (κ1) is 10.6. The summed E-state index contributed by atoms with van der Waals surface area (Å²) in [6.45, 7) is -0.0902. The monoisotopic (exact) mass is 244 g/mol. The summed E-state index contributed by atoms with van der Waals surface area (Å²) in [6.07, 6.45) is 0.635. The van der Waals surface area contributed by atoms with Crippen molar-refractivity contribution in [1.82, 2.24) is 0 Å². The number of ether oxygens (including phenoxy) is 2. The first-order valence-electron chi connectivity index (χ1n) is 5.27. The van der Waals surface area contributed by atoms with E-state index in [0.717, 1.165) is 5.56 Å². The van der Waals surface area contributed by atoms with E-state index in [-0.39, 0.29) is 12.6 Å². The molecule has 5 heteroatoms. The van der Waals surface area contributed by atoms with Crippen molar-refractivity contribution >= 4 is 12.3 Å². The molecule has 0 radical (unpaired) electrons. The highest BCUT2D eigenvalue weighted by Gasteiger charge is 2.20. The minimum absolute atomic E-state index is 0.0902. The van der Waals surface area contributed by atoms with Crippen molar-refractivity contribution in [3.63, 3.8) is 0 Å². The van der Waals surface area contributed by atoms with Crippen LogP contribution in [0.2, 0.25) is 0 Å². The van der Waals surface area contributed by atoms with Crippen LogP contribution in [0.5, 0.6) is 5.75 Å². The van der Waals surface area contributed by atoms with Gasteiger partial charge < -0.3 is 13.9 Å². The highest BCUT2D eigenvalue weighted by atomic mass is 16.7. The average Bonchev–Trinajstić information content (AvgIpc) is 2.87. The Labute approximate surface area is 102 Å². The largest absolute Gasteiger partial charge is 0.456 e. The minimum atomic E-state index is -0.407. The molecule has 0 spiro atoms. The van der Waals surface area contributed by atoms with Crippen molar-refractivity contribution in [2.75, 3.05) is 6.79 Å². The molecule has 0 atom stereocenters. The lowest BCUT2D eigenvalue weighted by atomic mass is 10.1. The molecule has 1 aliphatic rings. The molecule has 90 valence electrons. The summed E-state index contributed by atoms with van der Waals surface area (Å²) in [5.74, 6) is 0.842. The number of cyclic esters (lactones) is 1. The third-order valence-corrected chi connectivity index (χ3v) is 2.63. The fourth-order valence-electron chi connectivity index (χ4n) is 1.76. The van der Waals surface area contributed by atoms with Crippen molar-refractivity contribution < 1.29 is 23.5 Å². The standard InChI is InChI=1S/C13H8O5/c14-6-9-2-4-11(18-9)8-1-3-10-12(5-8)16-7-17-13(10)15/h1-6H,7H2. The summed E-state index contributed by atoms with van der Waals surface area (Å²) in [5, 5.41) is 0. The van der Waals surface area contributed by atoms with Crippen LogP contribution in [0.1, 0.15) is 20.9 Å². The van der Waals surface area contributed by atoms with Gasteiger partial charge in [-0.15, -0.1) is 0 Å². The lowest BCUT2D eigenvalue weighted by Gasteiger charge is -2.16. The van der Waals surface area contributed by atoms with Gasteiger partial charge in [-0.3, -0.25) is 4.79 Å². The molecule has 2 heterocycles. The topological polar surface area (TPSA) is 65.7 Å². The fraction of sp³-hybridized carbons (Fsp3) is 0.0769. The molecule has 18 heavy (non-hydrogen) atoms. The molecule has 2 aromatic rings. The van der Waals surface area contributed by atoms with E-state index in [1.165, 1.54) is 0 Å². The van der Waals surface area contributed by atoms with Gasteiger partial charge in [-0.25, -0.2) is 4.79 Å². The molecule has 3 rings (SSSR count). The Morgan fingerprint density at radius 2 is 2.00 bits per heavy atom. The highest BCUT2D eigenvalue weighted by molar-refractivity contribution is 5.94. The maximum Gasteiger partial charge on any atom is 0.344 e. The van der Waals surface area contributed by atoms with Crippen LogP contribution in [-0.2, 0) is 4.74 Å². The van der Waals surface area contributed by atoms with Gasteiger partial charge in [0.2, 0.25) is 6.79 Å². The molecule has 0 aliphatic carbocycles. The molecule has 1 aromatic heterocycles. The third kappa shape index (κ3) is 1.66. The number of carbonyl (C=O) groups excluding carboxylic acids is 2. The molecular formula is C13H8O5.